The molecule has 0 aliphatic rings. The first kappa shape index (κ1) is 18.9. The van der Waals surface area contributed by atoms with Crippen molar-refractivity contribution >= 4 is 22.6 Å². The van der Waals surface area contributed by atoms with Gasteiger partial charge in [0.05, 0.1) is 4.90 Å². The molecule has 24 heavy (non-hydrogen) atoms. The third-order valence-electron chi connectivity index (χ3n) is 3.96. The topological polar surface area (TPSA) is 60.4 Å². The van der Waals surface area contributed by atoms with Gasteiger partial charge in [-0.1, -0.05) is 68.8 Å². The summed E-state index contributed by atoms with van der Waals surface area (Å²) >= 11 is 0. The Hall–Kier alpha value is -1.42. The summed E-state index contributed by atoms with van der Waals surface area (Å²) in [5.41, 5.74) is 0.957. The van der Waals surface area contributed by atoms with Crippen LogP contribution in [-0.2, 0) is 18.9 Å². The van der Waals surface area contributed by atoms with Crippen LogP contribution in [0.1, 0.15) is 26.3 Å². The molecule has 0 aliphatic heterocycles. The van der Waals surface area contributed by atoms with Crippen LogP contribution in [0.4, 0.5) is 0 Å². The van der Waals surface area contributed by atoms with E-state index >= 15 is 0 Å². The summed E-state index contributed by atoms with van der Waals surface area (Å²) in [5.74, 6) is 0. The number of hydrogen-bond acceptors (Lipinski definition) is 4. The summed E-state index contributed by atoms with van der Waals surface area (Å²) in [6.07, 6.45) is -0.350. The SMILES string of the molecule is Cc1ccc(S(=O)(=O)OC[P@@](=O)(c2ccccc2)C(C)(C)C)cc1. The van der Waals surface area contributed by atoms with Crippen LogP contribution in [0.5, 0.6) is 0 Å². The second-order valence-corrected chi connectivity index (χ2v) is 12.0. The van der Waals surface area contributed by atoms with E-state index in [2.05, 4.69) is 0 Å². The summed E-state index contributed by atoms with van der Waals surface area (Å²) < 4.78 is 43.6. The molecule has 0 fully saturated rings. The van der Waals surface area contributed by atoms with Gasteiger partial charge in [-0.2, -0.15) is 8.42 Å². The molecular formula is C18H23O4PS. The van der Waals surface area contributed by atoms with Gasteiger partial charge in [0.2, 0.25) is 0 Å². The third kappa shape index (κ3) is 3.97. The molecule has 0 radical (unpaired) electrons. The molecule has 0 saturated heterocycles. The van der Waals surface area contributed by atoms with Crippen LogP contribution in [-0.4, -0.2) is 19.9 Å². The molecule has 1 atom stereocenters. The zero-order valence-corrected chi connectivity index (χ0v) is 16.1. The Bertz CT molecular complexity index is 835. The van der Waals surface area contributed by atoms with Crippen LogP contribution in [0.15, 0.2) is 59.5 Å². The minimum absolute atomic E-state index is 0.0709. The summed E-state index contributed by atoms with van der Waals surface area (Å²) in [6, 6.07) is 15.3. The van der Waals surface area contributed by atoms with Gasteiger partial charge < -0.3 is 4.57 Å². The quantitative estimate of drug-likeness (QED) is 0.589. The van der Waals surface area contributed by atoms with Crippen LogP contribution in [0.2, 0.25) is 0 Å². The fourth-order valence-electron chi connectivity index (χ4n) is 2.24. The maximum Gasteiger partial charge on any atom is 0.297 e. The predicted octanol–water partition coefficient (Wildman–Crippen LogP) is 4.14. The van der Waals surface area contributed by atoms with E-state index < -0.39 is 22.4 Å². The van der Waals surface area contributed by atoms with E-state index in [1.807, 2.05) is 33.8 Å². The first-order valence-electron chi connectivity index (χ1n) is 7.67. The molecule has 0 bridgehead atoms. The van der Waals surface area contributed by atoms with Crippen molar-refractivity contribution in [2.24, 2.45) is 0 Å². The zero-order valence-electron chi connectivity index (χ0n) is 14.4. The van der Waals surface area contributed by atoms with Crippen molar-refractivity contribution in [3.05, 3.63) is 60.2 Å². The van der Waals surface area contributed by atoms with Gasteiger partial charge >= 0.3 is 0 Å². The highest BCUT2D eigenvalue weighted by Crippen LogP contribution is 2.56. The molecule has 0 amide bonds. The van der Waals surface area contributed by atoms with Gasteiger partial charge in [0.1, 0.15) is 13.5 Å². The van der Waals surface area contributed by atoms with Gasteiger partial charge in [-0.15, -0.1) is 0 Å². The molecule has 0 heterocycles. The molecule has 0 saturated carbocycles. The van der Waals surface area contributed by atoms with Crippen molar-refractivity contribution in [2.45, 2.75) is 37.7 Å². The van der Waals surface area contributed by atoms with E-state index in [-0.39, 0.29) is 11.2 Å². The summed E-state index contributed by atoms with van der Waals surface area (Å²) in [7, 11) is -7.03. The highest BCUT2D eigenvalue weighted by atomic mass is 32.2. The number of hydrogen-bond donors (Lipinski definition) is 0. The Labute approximate surface area is 144 Å². The van der Waals surface area contributed by atoms with Crippen molar-refractivity contribution in [3.63, 3.8) is 0 Å². The van der Waals surface area contributed by atoms with Crippen LogP contribution in [0.3, 0.4) is 0 Å². The van der Waals surface area contributed by atoms with E-state index in [1.54, 1.807) is 36.4 Å². The average Bonchev–Trinajstić information content (AvgIpc) is 2.53. The second-order valence-electron chi connectivity index (χ2n) is 6.76. The lowest BCUT2D eigenvalue weighted by Crippen LogP contribution is -2.27. The highest BCUT2D eigenvalue weighted by molar-refractivity contribution is 7.87. The molecule has 0 aliphatic carbocycles. The van der Waals surface area contributed by atoms with Crippen molar-refractivity contribution < 1.29 is 17.2 Å². The van der Waals surface area contributed by atoms with E-state index in [4.69, 9.17) is 4.18 Å². The summed E-state index contributed by atoms with van der Waals surface area (Å²) in [5, 5.41) is 0.00792. The Morgan fingerprint density at radius 1 is 0.958 bits per heavy atom. The van der Waals surface area contributed by atoms with Crippen LogP contribution < -0.4 is 5.30 Å². The maximum atomic E-state index is 13.6. The molecule has 0 N–H and O–H groups in total. The standard InChI is InChI=1S/C18H23O4PS/c1-15-10-12-17(13-11-15)24(20,21)22-14-23(19,18(2,3)4)16-8-6-5-7-9-16/h5-13H,14H2,1-4H3/t23-/m1/s1. The average molecular weight is 366 g/mol. The van der Waals surface area contributed by atoms with E-state index in [9.17, 15) is 13.0 Å². The molecular weight excluding hydrogens is 343 g/mol. The number of benzene rings is 2. The normalized spacial score (nSPS) is 15.0. The number of rotatable bonds is 5. The van der Waals surface area contributed by atoms with Crippen molar-refractivity contribution in [1.82, 2.24) is 0 Å². The van der Waals surface area contributed by atoms with Crippen molar-refractivity contribution in [2.75, 3.05) is 6.35 Å². The third-order valence-corrected chi connectivity index (χ3v) is 9.20. The van der Waals surface area contributed by atoms with Gasteiger partial charge in [0, 0.05) is 10.5 Å². The maximum absolute atomic E-state index is 13.6. The molecule has 0 unspecified atom stereocenters. The summed E-state index contributed by atoms with van der Waals surface area (Å²) in [4.78, 5) is 0.0709. The van der Waals surface area contributed by atoms with Crippen LogP contribution in [0.25, 0.3) is 0 Å². The van der Waals surface area contributed by atoms with Gasteiger partial charge in [0.25, 0.3) is 10.1 Å². The molecule has 130 valence electrons. The van der Waals surface area contributed by atoms with Crippen LogP contribution >= 0.6 is 7.14 Å². The minimum Gasteiger partial charge on any atom is -0.316 e. The Morgan fingerprint density at radius 3 is 2.00 bits per heavy atom. The molecule has 2 aromatic carbocycles. The first-order valence-corrected chi connectivity index (χ1v) is 11.0. The Morgan fingerprint density at radius 2 is 1.50 bits per heavy atom. The van der Waals surface area contributed by atoms with E-state index in [0.29, 0.717) is 5.30 Å². The Balaban J connectivity index is 2.32. The van der Waals surface area contributed by atoms with Gasteiger partial charge in [-0.3, -0.25) is 4.18 Å². The van der Waals surface area contributed by atoms with Crippen molar-refractivity contribution in [3.8, 4) is 0 Å². The molecule has 0 spiro atoms. The Kier molecular flexibility index (Phi) is 5.38. The van der Waals surface area contributed by atoms with Gasteiger partial charge in [-0.25, -0.2) is 0 Å². The zero-order chi connectivity index (χ0) is 18.0. The number of aryl methyl sites for hydroxylation is 1. The summed E-state index contributed by atoms with van der Waals surface area (Å²) in [6.45, 7) is 7.38. The van der Waals surface area contributed by atoms with Crippen molar-refractivity contribution in [1.29, 1.82) is 0 Å². The lowest BCUT2D eigenvalue weighted by molar-refractivity contribution is 0.365. The first-order chi connectivity index (χ1) is 11.1. The molecule has 2 aromatic rings. The largest absolute Gasteiger partial charge is 0.316 e. The monoisotopic (exact) mass is 366 g/mol. The van der Waals surface area contributed by atoms with E-state index in [0.717, 1.165) is 5.56 Å². The fraction of sp³-hybridized carbons (Fsp3) is 0.333. The molecule has 4 nitrogen and oxygen atoms in total. The molecule has 6 heteroatoms. The highest BCUT2D eigenvalue weighted by Gasteiger charge is 2.39. The minimum atomic E-state index is -3.95. The fourth-order valence-corrected chi connectivity index (χ4v) is 5.96. The smallest absolute Gasteiger partial charge is 0.297 e. The lowest BCUT2D eigenvalue weighted by Gasteiger charge is -2.31. The van der Waals surface area contributed by atoms with Gasteiger partial charge in [0.15, 0.2) is 0 Å². The second kappa shape index (κ2) is 6.83. The van der Waals surface area contributed by atoms with Crippen LogP contribution in [0, 0.1) is 6.92 Å². The van der Waals surface area contributed by atoms with E-state index in [1.165, 1.54) is 12.1 Å². The predicted molar refractivity (Wildman–Crippen MR) is 97.8 cm³/mol. The van der Waals surface area contributed by atoms with Gasteiger partial charge in [-0.05, 0) is 19.1 Å². The molecule has 2 rings (SSSR count). The lowest BCUT2D eigenvalue weighted by atomic mass is 10.2. The molecule has 0 aromatic heterocycles.